The molecule has 0 fully saturated rings. The molecule has 11 heavy (non-hydrogen) atoms. The van der Waals surface area contributed by atoms with E-state index in [2.05, 4.69) is 5.10 Å². The van der Waals surface area contributed by atoms with Crippen LogP contribution in [-0.2, 0) is 7.05 Å². The molecule has 0 saturated carbocycles. The van der Waals surface area contributed by atoms with Gasteiger partial charge >= 0.3 is 0 Å². The van der Waals surface area contributed by atoms with Crippen molar-refractivity contribution in [2.75, 3.05) is 0 Å². The van der Waals surface area contributed by atoms with Crippen LogP contribution in [0, 0.1) is 11.3 Å². The highest BCUT2D eigenvalue weighted by atomic mass is 15.2. The molecule has 1 rings (SSSR count). The zero-order valence-electron chi connectivity index (χ0n) is 6.57. The maximum absolute atomic E-state index is 8.35. The first-order valence-electron chi connectivity index (χ1n) is 3.29. The summed E-state index contributed by atoms with van der Waals surface area (Å²) in [5, 5.41) is 12.3. The molecule has 0 atom stereocenters. The summed E-state index contributed by atoms with van der Waals surface area (Å²) in [5.74, 6) is 0. The van der Waals surface area contributed by atoms with E-state index in [9.17, 15) is 0 Å². The van der Waals surface area contributed by atoms with Crippen molar-refractivity contribution in [3.05, 3.63) is 24.0 Å². The van der Waals surface area contributed by atoms with E-state index < -0.39 is 0 Å². The topological polar surface area (TPSA) is 41.6 Å². The fourth-order valence-electron chi connectivity index (χ4n) is 0.805. The number of aryl methyl sites for hydroxylation is 1. The monoisotopic (exact) mass is 147 g/mol. The molecule has 3 nitrogen and oxygen atoms in total. The number of hydrogen-bond donors (Lipinski definition) is 0. The van der Waals surface area contributed by atoms with Crippen LogP contribution in [0.1, 0.15) is 12.5 Å². The van der Waals surface area contributed by atoms with Crippen molar-refractivity contribution in [3.63, 3.8) is 0 Å². The summed E-state index contributed by atoms with van der Waals surface area (Å²) >= 11 is 0. The summed E-state index contributed by atoms with van der Waals surface area (Å²) in [6, 6.07) is 1.98. The first-order chi connectivity index (χ1) is 5.24. The molecule has 0 aliphatic carbocycles. The summed E-state index contributed by atoms with van der Waals surface area (Å²) in [6.45, 7) is 1.89. The van der Waals surface area contributed by atoms with E-state index >= 15 is 0 Å². The molecule has 0 bridgehead atoms. The van der Waals surface area contributed by atoms with Gasteiger partial charge in [-0.05, 0) is 12.5 Å². The van der Waals surface area contributed by atoms with E-state index in [1.165, 1.54) is 6.08 Å². The van der Waals surface area contributed by atoms with Gasteiger partial charge < -0.3 is 0 Å². The summed E-state index contributed by atoms with van der Waals surface area (Å²) in [5.41, 5.74) is 1.94. The number of allylic oxidation sites excluding steroid dienone is 2. The second-order valence-electron chi connectivity index (χ2n) is 2.36. The molecule has 0 aromatic carbocycles. The number of nitriles is 1. The Balaban J connectivity index is 2.95. The molecule has 0 spiro atoms. The molecule has 1 aromatic rings. The van der Waals surface area contributed by atoms with Gasteiger partial charge in [-0.2, -0.15) is 10.4 Å². The van der Waals surface area contributed by atoms with Crippen LogP contribution in [0.25, 0.3) is 5.57 Å². The second kappa shape index (κ2) is 3.02. The van der Waals surface area contributed by atoms with Gasteiger partial charge in [0, 0.05) is 24.9 Å². The molecule has 0 radical (unpaired) electrons. The number of hydrogen-bond acceptors (Lipinski definition) is 2. The molecule has 0 N–H and O–H groups in total. The van der Waals surface area contributed by atoms with Gasteiger partial charge in [-0.3, -0.25) is 4.68 Å². The summed E-state index contributed by atoms with van der Waals surface area (Å²) in [6.07, 6.45) is 5.13. The molecule has 0 saturated heterocycles. The van der Waals surface area contributed by atoms with Gasteiger partial charge in [0.2, 0.25) is 0 Å². The van der Waals surface area contributed by atoms with Gasteiger partial charge in [-0.1, -0.05) is 0 Å². The van der Waals surface area contributed by atoms with E-state index in [4.69, 9.17) is 5.26 Å². The summed E-state index contributed by atoms with van der Waals surface area (Å²) < 4.78 is 1.71. The molecular formula is C8H9N3. The quantitative estimate of drug-likeness (QED) is 0.562. The smallest absolute Gasteiger partial charge is 0.0915 e. The van der Waals surface area contributed by atoms with E-state index in [1.807, 2.05) is 26.2 Å². The lowest BCUT2D eigenvalue weighted by Gasteiger charge is -1.89. The van der Waals surface area contributed by atoms with Gasteiger partial charge in [0.05, 0.1) is 12.3 Å². The van der Waals surface area contributed by atoms with Crippen LogP contribution in [0.5, 0.6) is 0 Å². The molecule has 1 aromatic heterocycles. The molecule has 0 unspecified atom stereocenters. The predicted octanol–water partition coefficient (Wildman–Crippen LogP) is 1.35. The van der Waals surface area contributed by atoms with Crippen LogP contribution in [-0.4, -0.2) is 9.78 Å². The lowest BCUT2D eigenvalue weighted by molar-refractivity contribution is 0.767. The lowest BCUT2D eigenvalue weighted by atomic mass is 10.2. The molecule has 0 aliphatic heterocycles. The van der Waals surface area contributed by atoms with Gasteiger partial charge in [-0.15, -0.1) is 0 Å². The van der Waals surface area contributed by atoms with Gasteiger partial charge in [0.1, 0.15) is 0 Å². The van der Waals surface area contributed by atoms with Crippen molar-refractivity contribution in [2.24, 2.45) is 7.05 Å². The summed E-state index contributed by atoms with van der Waals surface area (Å²) in [4.78, 5) is 0. The molecule has 1 heterocycles. The number of aromatic nitrogens is 2. The van der Waals surface area contributed by atoms with Crippen molar-refractivity contribution in [1.82, 2.24) is 9.78 Å². The predicted molar refractivity (Wildman–Crippen MR) is 42.5 cm³/mol. The Kier molecular flexibility index (Phi) is 2.07. The Bertz CT molecular complexity index is 314. The van der Waals surface area contributed by atoms with Gasteiger partial charge in [0.25, 0.3) is 0 Å². The Morgan fingerprint density at radius 2 is 2.55 bits per heavy atom. The number of rotatable bonds is 1. The Hall–Kier alpha value is -1.56. The van der Waals surface area contributed by atoms with Crippen LogP contribution < -0.4 is 0 Å². The minimum absolute atomic E-state index is 0.945. The molecule has 0 aliphatic rings. The SMILES string of the molecule is C/C(=C\C#N)c1cnn(C)c1. The van der Waals surface area contributed by atoms with Crippen molar-refractivity contribution in [3.8, 4) is 6.07 Å². The standard InChI is InChI=1S/C8H9N3/c1-7(3-4-9)8-5-10-11(2)6-8/h3,5-6H,1-2H3/b7-3+. The maximum atomic E-state index is 8.35. The highest BCUT2D eigenvalue weighted by molar-refractivity contribution is 5.64. The van der Waals surface area contributed by atoms with Crippen LogP contribution in [0.2, 0.25) is 0 Å². The third-order valence-electron chi connectivity index (χ3n) is 1.44. The van der Waals surface area contributed by atoms with E-state index in [0.29, 0.717) is 0 Å². The first kappa shape index (κ1) is 7.55. The highest BCUT2D eigenvalue weighted by Gasteiger charge is 1.96. The second-order valence-corrected chi connectivity index (χ2v) is 2.36. The van der Waals surface area contributed by atoms with Crippen LogP contribution in [0.4, 0.5) is 0 Å². The average molecular weight is 147 g/mol. The van der Waals surface area contributed by atoms with Crippen molar-refractivity contribution in [2.45, 2.75) is 6.92 Å². The average Bonchev–Trinajstić information content (AvgIpc) is 2.36. The van der Waals surface area contributed by atoms with Crippen molar-refractivity contribution in [1.29, 1.82) is 5.26 Å². The van der Waals surface area contributed by atoms with Crippen molar-refractivity contribution < 1.29 is 0 Å². The van der Waals surface area contributed by atoms with Crippen LogP contribution in [0.15, 0.2) is 18.5 Å². The largest absolute Gasteiger partial charge is 0.275 e. The molecule has 0 amide bonds. The van der Waals surface area contributed by atoms with E-state index in [0.717, 1.165) is 11.1 Å². The third kappa shape index (κ3) is 1.68. The van der Waals surface area contributed by atoms with Crippen LogP contribution >= 0.6 is 0 Å². The summed E-state index contributed by atoms with van der Waals surface area (Å²) in [7, 11) is 1.85. The minimum atomic E-state index is 0.945. The Morgan fingerprint density at radius 1 is 1.82 bits per heavy atom. The highest BCUT2D eigenvalue weighted by Crippen LogP contribution is 2.10. The third-order valence-corrected chi connectivity index (χ3v) is 1.44. The fraction of sp³-hybridized carbons (Fsp3) is 0.250. The zero-order valence-corrected chi connectivity index (χ0v) is 6.57. The maximum Gasteiger partial charge on any atom is 0.0915 e. The van der Waals surface area contributed by atoms with E-state index in [1.54, 1.807) is 10.9 Å². The molecular weight excluding hydrogens is 138 g/mol. The minimum Gasteiger partial charge on any atom is -0.275 e. The normalized spacial score (nSPS) is 11.2. The number of nitrogens with zero attached hydrogens (tertiary/aromatic N) is 3. The van der Waals surface area contributed by atoms with E-state index in [-0.39, 0.29) is 0 Å². The molecule has 3 heteroatoms. The molecule has 56 valence electrons. The van der Waals surface area contributed by atoms with Crippen LogP contribution in [0.3, 0.4) is 0 Å². The zero-order chi connectivity index (χ0) is 8.27. The Labute approximate surface area is 65.6 Å². The lowest BCUT2D eigenvalue weighted by Crippen LogP contribution is -1.84. The van der Waals surface area contributed by atoms with Crippen molar-refractivity contribution >= 4 is 5.57 Å². The first-order valence-corrected chi connectivity index (χ1v) is 3.29. The fourth-order valence-corrected chi connectivity index (χ4v) is 0.805. The van der Waals surface area contributed by atoms with Gasteiger partial charge in [0.15, 0.2) is 0 Å². The Morgan fingerprint density at radius 3 is 3.00 bits per heavy atom. The van der Waals surface area contributed by atoms with Gasteiger partial charge in [-0.25, -0.2) is 0 Å².